The van der Waals surface area contributed by atoms with E-state index in [2.05, 4.69) is 15.9 Å². The summed E-state index contributed by atoms with van der Waals surface area (Å²) in [5.41, 5.74) is 6.54. The highest BCUT2D eigenvalue weighted by molar-refractivity contribution is 9.10. The minimum atomic E-state index is -0.728. The molecule has 96 valence electrons. The molecule has 2 atom stereocenters. The van der Waals surface area contributed by atoms with Crippen LogP contribution >= 0.6 is 15.9 Å². The second-order valence-corrected chi connectivity index (χ2v) is 4.60. The summed E-state index contributed by atoms with van der Waals surface area (Å²) in [4.78, 5) is 0. The number of nitrogens with two attached hydrogens (primary N) is 1. The monoisotopic (exact) mass is 303 g/mol. The highest BCUT2D eigenvalue weighted by atomic mass is 79.9. The van der Waals surface area contributed by atoms with E-state index >= 15 is 0 Å². The van der Waals surface area contributed by atoms with Gasteiger partial charge in [0.25, 0.3) is 0 Å². The van der Waals surface area contributed by atoms with Gasteiger partial charge in [-0.1, -0.05) is 22.9 Å². The molecule has 1 aromatic carbocycles. The number of hydrogen-bond donors (Lipinski definition) is 2. The smallest absolute Gasteiger partial charge is 0.161 e. The Kier molecular flexibility index (Phi) is 5.24. The van der Waals surface area contributed by atoms with E-state index in [1.54, 1.807) is 26.4 Å². The van der Waals surface area contributed by atoms with Gasteiger partial charge in [0.15, 0.2) is 11.5 Å². The fraction of sp³-hybridized carbons (Fsp3) is 0.500. The predicted octanol–water partition coefficient (Wildman–Crippen LogP) is 2.24. The molecule has 0 amide bonds. The molecule has 1 rings (SSSR count). The average molecular weight is 304 g/mol. The summed E-state index contributed by atoms with van der Waals surface area (Å²) in [5, 5.41) is 10.1. The molecule has 3 N–H and O–H groups in total. The molecule has 0 fully saturated rings. The molecule has 0 aliphatic carbocycles. The van der Waals surface area contributed by atoms with Gasteiger partial charge in [0, 0.05) is 16.1 Å². The lowest BCUT2D eigenvalue weighted by Gasteiger charge is -2.20. The number of aliphatic hydroxyl groups is 1. The fourth-order valence-corrected chi connectivity index (χ4v) is 2.11. The first-order valence-electron chi connectivity index (χ1n) is 5.40. The van der Waals surface area contributed by atoms with Gasteiger partial charge in [0.1, 0.15) is 0 Å². The van der Waals surface area contributed by atoms with E-state index in [9.17, 15) is 5.11 Å². The van der Waals surface area contributed by atoms with Crippen LogP contribution in [0.2, 0.25) is 0 Å². The Morgan fingerprint density at radius 3 is 2.29 bits per heavy atom. The number of benzene rings is 1. The number of hydrogen-bond acceptors (Lipinski definition) is 4. The van der Waals surface area contributed by atoms with Crippen LogP contribution in [0.25, 0.3) is 0 Å². The Balaban J connectivity index is 3.16. The second-order valence-electron chi connectivity index (χ2n) is 3.75. The van der Waals surface area contributed by atoms with Gasteiger partial charge in [-0.3, -0.25) is 0 Å². The van der Waals surface area contributed by atoms with E-state index in [-0.39, 0.29) is 6.04 Å². The summed E-state index contributed by atoms with van der Waals surface area (Å²) in [7, 11) is 3.12. The summed E-state index contributed by atoms with van der Waals surface area (Å²) in [6, 6.07) is 3.20. The van der Waals surface area contributed by atoms with Gasteiger partial charge in [0.2, 0.25) is 0 Å². The number of halogens is 1. The van der Waals surface area contributed by atoms with Crippen molar-refractivity contribution in [3.63, 3.8) is 0 Å². The number of ether oxygens (including phenoxy) is 2. The molecule has 5 heteroatoms. The molecule has 0 bridgehead atoms. The molecule has 0 aromatic heterocycles. The molecule has 0 heterocycles. The lowest BCUT2D eigenvalue weighted by atomic mass is 10.0. The Bertz CT molecular complexity index is 384. The molecule has 0 radical (unpaired) electrons. The molecule has 0 spiro atoms. The molecule has 0 aliphatic heterocycles. The Morgan fingerprint density at radius 1 is 1.29 bits per heavy atom. The third-order valence-corrected chi connectivity index (χ3v) is 3.39. The minimum absolute atomic E-state index is 0.301. The molecule has 2 unspecified atom stereocenters. The van der Waals surface area contributed by atoms with Gasteiger partial charge < -0.3 is 20.3 Å². The van der Waals surface area contributed by atoms with Crippen LogP contribution in [0.15, 0.2) is 16.6 Å². The zero-order chi connectivity index (χ0) is 13.0. The second kappa shape index (κ2) is 6.23. The van der Waals surface area contributed by atoms with Crippen molar-refractivity contribution in [3.05, 3.63) is 22.2 Å². The quantitative estimate of drug-likeness (QED) is 0.875. The Morgan fingerprint density at radius 2 is 1.82 bits per heavy atom. The predicted molar refractivity (Wildman–Crippen MR) is 70.5 cm³/mol. The molecule has 17 heavy (non-hydrogen) atoms. The average Bonchev–Trinajstić information content (AvgIpc) is 2.36. The Hall–Kier alpha value is -0.780. The van der Waals surface area contributed by atoms with E-state index in [0.29, 0.717) is 23.5 Å². The lowest BCUT2D eigenvalue weighted by molar-refractivity contribution is 0.143. The highest BCUT2D eigenvalue weighted by Gasteiger charge is 2.20. The summed E-state index contributed by atoms with van der Waals surface area (Å²) in [6.45, 7) is 1.93. The molecule has 4 nitrogen and oxygen atoms in total. The molecule has 0 saturated carbocycles. The van der Waals surface area contributed by atoms with Gasteiger partial charge in [-0.2, -0.15) is 0 Å². The molecular weight excluding hydrogens is 286 g/mol. The summed E-state index contributed by atoms with van der Waals surface area (Å²) in [6.07, 6.45) is -0.0312. The van der Waals surface area contributed by atoms with E-state index in [4.69, 9.17) is 15.2 Å². The largest absolute Gasteiger partial charge is 0.493 e. The van der Waals surface area contributed by atoms with E-state index in [1.807, 2.05) is 6.92 Å². The van der Waals surface area contributed by atoms with Gasteiger partial charge in [-0.25, -0.2) is 0 Å². The van der Waals surface area contributed by atoms with E-state index < -0.39 is 6.10 Å². The zero-order valence-electron chi connectivity index (χ0n) is 10.2. The van der Waals surface area contributed by atoms with Crippen LogP contribution in [0.3, 0.4) is 0 Å². The van der Waals surface area contributed by atoms with Crippen molar-refractivity contribution in [3.8, 4) is 11.5 Å². The third kappa shape index (κ3) is 3.12. The standard InChI is InChI=1S/C12H18BrNO3/c1-4-9(14)12(15)7-5-10(16-2)11(17-3)6-8(7)13/h5-6,9,12,15H,4,14H2,1-3H3. The van der Waals surface area contributed by atoms with Crippen molar-refractivity contribution in [2.24, 2.45) is 5.73 Å². The van der Waals surface area contributed by atoms with Gasteiger partial charge in [0.05, 0.1) is 20.3 Å². The van der Waals surface area contributed by atoms with E-state index in [1.165, 1.54) is 0 Å². The molecule has 0 aliphatic rings. The Labute approximate surface area is 110 Å². The molecule has 0 saturated heterocycles. The van der Waals surface area contributed by atoms with Crippen LogP contribution in [-0.2, 0) is 0 Å². The zero-order valence-corrected chi connectivity index (χ0v) is 11.8. The van der Waals surface area contributed by atoms with Crippen LogP contribution in [-0.4, -0.2) is 25.4 Å². The lowest BCUT2D eigenvalue weighted by Crippen LogP contribution is -2.27. The van der Waals surface area contributed by atoms with E-state index in [0.717, 1.165) is 4.47 Å². The van der Waals surface area contributed by atoms with Crippen molar-refractivity contribution < 1.29 is 14.6 Å². The van der Waals surface area contributed by atoms with Crippen molar-refractivity contribution in [2.45, 2.75) is 25.5 Å². The number of methoxy groups -OCH3 is 2. The highest BCUT2D eigenvalue weighted by Crippen LogP contribution is 2.36. The summed E-state index contributed by atoms with van der Waals surface area (Å²) < 4.78 is 11.1. The maximum absolute atomic E-state index is 10.1. The van der Waals surface area contributed by atoms with Crippen molar-refractivity contribution in [2.75, 3.05) is 14.2 Å². The normalized spacial score (nSPS) is 14.2. The van der Waals surface area contributed by atoms with Crippen LogP contribution in [0.1, 0.15) is 25.0 Å². The summed E-state index contributed by atoms with van der Waals surface area (Å²) >= 11 is 3.40. The van der Waals surface area contributed by atoms with Crippen LogP contribution in [0.5, 0.6) is 11.5 Å². The maximum atomic E-state index is 10.1. The van der Waals surface area contributed by atoms with Crippen LogP contribution in [0.4, 0.5) is 0 Å². The van der Waals surface area contributed by atoms with Crippen molar-refractivity contribution in [1.29, 1.82) is 0 Å². The third-order valence-electron chi connectivity index (χ3n) is 2.70. The number of aliphatic hydroxyl groups excluding tert-OH is 1. The molecule has 1 aromatic rings. The molecular formula is C12H18BrNO3. The van der Waals surface area contributed by atoms with Crippen LogP contribution in [0, 0.1) is 0 Å². The first-order chi connectivity index (χ1) is 8.04. The van der Waals surface area contributed by atoms with Crippen molar-refractivity contribution in [1.82, 2.24) is 0 Å². The SMILES string of the molecule is CCC(N)C(O)c1cc(OC)c(OC)cc1Br. The minimum Gasteiger partial charge on any atom is -0.493 e. The van der Waals surface area contributed by atoms with Gasteiger partial charge >= 0.3 is 0 Å². The van der Waals surface area contributed by atoms with Gasteiger partial charge in [-0.15, -0.1) is 0 Å². The fourth-order valence-electron chi connectivity index (χ4n) is 1.55. The first kappa shape index (κ1) is 14.3. The summed E-state index contributed by atoms with van der Waals surface area (Å²) in [5.74, 6) is 1.19. The van der Waals surface area contributed by atoms with Crippen molar-refractivity contribution >= 4 is 15.9 Å². The number of rotatable bonds is 5. The van der Waals surface area contributed by atoms with Gasteiger partial charge in [-0.05, 0) is 18.6 Å². The first-order valence-corrected chi connectivity index (χ1v) is 6.19. The van der Waals surface area contributed by atoms with Crippen LogP contribution < -0.4 is 15.2 Å². The maximum Gasteiger partial charge on any atom is 0.161 e. The topological polar surface area (TPSA) is 64.7 Å².